The number of anilines is 1. The van der Waals surface area contributed by atoms with Crippen molar-refractivity contribution >= 4 is 27.6 Å². The summed E-state index contributed by atoms with van der Waals surface area (Å²) in [5, 5.41) is 9.94. The van der Waals surface area contributed by atoms with Gasteiger partial charge in [-0.05, 0) is 36.4 Å². The summed E-state index contributed by atoms with van der Waals surface area (Å²) < 4.78 is 0. The number of nitrogens with one attached hydrogen (secondary N) is 2. The van der Waals surface area contributed by atoms with E-state index in [1.807, 2.05) is 42.6 Å². The third-order valence-corrected chi connectivity index (χ3v) is 6.57. The smallest absolute Gasteiger partial charge is 0.147 e. The predicted molar refractivity (Wildman–Crippen MR) is 138 cm³/mol. The molecule has 0 saturated carbocycles. The van der Waals surface area contributed by atoms with E-state index in [2.05, 4.69) is 54.3 Å². The first kappa shape index (κ1) is 19.9. The number of hydrogen-bond donors (Lipinski definition) is 3. The largest absolute Gasteiger partial charge is 0.353 e. The zero-order chi connectivity index (χ0) is 23.4. The molecule has 0 amide bonds. The summed E-state index contributed by atoms with van der Waals surface area (Å²) in [6.45, 7) is 1.62. The van der Waals surface area contributed by atoms with Crippen LogP contribution in [0, 0.1) is 0 Å². The molecule has 0 radical (unpaired) electrons. The lowest BCUT2D eigenvalue weighted by molar-refractivity contribution is 0.514. The quantitative estimate of drug-likeness (QED) is 0.361. The standard InChI is InChI=1S/C27H22N8/c28-17-14-35(15-17)26-13-29-12-25(32-26)16-7-8-23-20(10-16)27(34-33-23)24-11-19-18(4-3-6-22(19)31-24)21-5-1-2-9-30-21/h1-13,17,31H,14-15,28H2,(H,33,34). The van der Waals surface area contributed by atoms with E-state index in [0.29, 0.717) is 0 Å². The van der Waals surface area contributed by atoms with Crippen LogP contribution in [0.1, 0.15) is 0 Å². The Morgan fingerprint density at radius 3 is 2.69 bits per heavy atom. The maximum absolute atomic E-state index is 5.94. The molecule has 35 heavy (non-hydrogen) atoms. The monoisotopic (exact) mass is 458 g/mol. The Balaban J connectivity index is 1.31. The van der Waals surface area contributed by atoms with Crippen molar-refractivity contribution in [3.63, 3.8) is 0 Å². The number of rotatable bonds is 4. The lowest BCUT2D eigenvalue weighted by Crippen LogP contribution is -2.56. The number of aromatic nitrogens is 6. The Labute approximate surface area is 200 Å². The molecule has 5 heterocycles. The number of H-pyrrole nitrogens is 2. The molecule has 1 aliphatic rings. The minimum absolute atomic E-state index is 0.208. The molecule has 170 valence electrons. The highest BCUT2D eigenvalue weighted by molar-refractivity contribution is 6.01. The van der Waals surface area contributed by atoms with Crippen LogP contribution in [-0.4, -0.2) is 49.3 Å². The highest BCUT2D eigenvalue weighted by Gasteiger charge is 2.24. The maximum Gasteiger partial charge on any atom is 0.147 e. The summed E-state index contributed by atoms with van der Waals surface area (Å²) in [6.07, 6.45) is 5.41. The van der Waals surface area contributed by atoms with Crippen molar-refractivity contribution < 1.29 is 0 Å². The molecular weight excluding hydrogens is 436 g/mol. The van der Waals surface area contributed by atoms with Gasteiger partial charge in [0.1, 0.15) is 11.5 Å². The molecule has 8 heteroatoms. The number of fused-ring (bicyclic) bond motifs is 2. The first-order chi connectivity index (χ1) is 17.2. The average Bonchev–Trinajstić information content (AvgIpc) is 3.51. The molecule has 1 fully saturated rings. The molecule has 2 aromatic carbocycles. The maximum atomic E-state index is 5.94. The van der Waals surface area contributed by atoms with E-state index in [9.17, 15) is 0 Å². The molecule has 6 aromatic rings. The molecule has 7 rings (SSSR count). The van der Waals surface area contributed by atoms with Gasteiger partial charge in [-0.25, -0.2) is 4.98 Å². The Morgan fingerprint density at radius 2 is 1.83 bits per heavy atom. The van der Waals surface area contributed by atoms with Crippen molar-refractivity contribution in [3.8, 4) is 33.9 Å². The SMILES string of the molecule is NC1CN(c2cncc(-c3ccc4[nH]nc(-c5cc6c(-c7ccccn7)cccc6[nH]5)c4c3)n2)C1. The molecule has 0 atom stereocenters. The highest BCUT2D eigenvalue weighted by atomic mass is 15.3. The molecule has 4 aromatic heterocycles. The Morgan fingerprint density at radius 1 is 0.886 bits per heavy atom. The van der Waals surface area contributed by atoms with Crippen LogP contribution >= 0.6 is 0 Å². The molecule has 8 nitrogen and oxygen atoms in total. The first-order valence-electron chi connectivity index (χ1n) is 11.6. The van der Waals surface area contributed by atoms with E-state index in [-0.39, 0.29) is 6.04 Å². The van der Waals surface area contributed by atoms with Gasteiger partial charge in [0.2, 0.25) is 0 Å². The van der Waals surface area contributed by atoms with Gasteiger partial charge in [0, 0.05) is 52.7 Å². The van der Waals surface area contributed by atoms with Crippen LogP contribution in [0.15, 0.2) is 79.3 Å². The van der Waals surface area contributed by atoms with E-state index < -0.39 is 0 Å². The minimum atomic E-state index is 0.208. The average molecular weight is 459 g/mol. The molecule has 1 aliphatic heterocycles. The lowest BCUT2D eigenvalue weighted by Gasteiger charge is -2.37. The molecule has 0 bridgehead atoms. The topological polar surface area (TPSA) is 112 Å². The van der Waals surface area contributed by atoms with Crippen LogP contribution in [0.3, 0.4) is 0 Å². The van der Waals surface area contributed by atoms with Gasteiger partial charge in [-0.1, -0.05) is 24.3 Å². The second-order valence-electron chi connectivity index (χ2n) is 8.92. The Hall–Kier alpha value is -4.56. The van der Waals surface area contributed by atoms with Gasteiger partial charge in [-0.3, -0.25) is 15.1 Å². The van der Waals surface area contributed by atoms with Gasteiger partial charge >= 0.3 is 0 Å². The fraction of sp³-hybridized carbons (Fsp3) is 0.111. The van der Waals surface area contributed by atoms with Crippen molar-refractivity contribution in [1.29, 1.82) is 0 Å². The van der Waals surface area contributed by atoms with Crippen molar-refractivity contribution in [2.45, 2.75) is 6.04 Å². The van der Waals surface area contributed by atoms with E-state index in [1.165, 1.54) is 0 Å². The van der Waals surface area contributed by atoms with E-state index in [4.69, 9.17) is 10.7 Å². The summed E-state index contributed by atoms with van der Waals surface area (Å²) in [5.41, 5.74) is 13.6. The van der Waals surface area contributed by atoms with Gasteiger partial charge < -0.3 is 15.6 Å². The third-order valence-electron chi connectivity index (χ3n) is 6.57. The number of nitrogens with zero attached hydrogens (tertiary/aromatic N) is 5. The van der Waals surface area contributed by atoms with Gasteiger partial charge in [0.25, 0.3) is 0 Å². The van der Waals surface area contributed by atoms with Crippen LogP contribution in [0.2, 0.25) is 0 Å². The predicted octanol–water partition coefficient (Wildman–Crippen LogP) is 4.38. The van der Waals surface area contributed by atoms with Gasteiger partial charge in [0.05, 0.1) is 35.0 Å². The van der Waals surface area contributed by atoms with Gasteiger partial charge in [0.15, 0.2) is 0 Å². The second kappa shape index (κ2) is 7.75. The van der Waals surface area contributed by atoms with Crippen molar-refractivity contribution in [3.05, 3.63) is 79.3 Å². The third kappa shape index (κ3) is 3.34. The van der Waals surface area contributed by atoms with Crippen LogP contribution in [-0.2, 0) is 0 Å². The highest BCUT2D eigenvalue weighted by Crippen LogP contribution is 2.34. The number of pyridine rings is 1. The number of nitrogens with two attached hydrogens (primary N) is 1. The van der Waals surface area contributed by atoms with Crippen LogP contribution in [0.5, 0.6) is 0 Å². The number of benzene rings is 2. The molecule has 4 N–H and O–H groups in total. The van der Waals surface area contributed by atoms with E-state index >= 15 is 0 Å². The van der Waals surface area contributed by atoms with Crippen LogP contribution in [0.4, 0.5) is 5.82 Å². The molecular formula is C27H22N8. The summed E-state index contributed by atoms with van der Waals surface area (Å²) in [4.78, 5) is 19.5. The zero-order valence-electron chi connectivity index (χ0n) is 18.8. The minimum Gasteiger partial charge on any atom is -0.353 e. The van der Waals surface area contributed by atoms with Gasteiger partial charge in [-0.15, -0.1) is 0 Å². The molecule has 0 spiro atoms. The van der Waals surface area contributed by atoms with Crippen molar-refractivity contribution in [2.75, 3.05) is 18.0 Å². The van der Waals surface area contributed by atoms with Crippen LogP contribution in [0.25, 0.3) is 55.7 Å². The van der Waals surface area contributed by atoms with Crippen molar-refractivity contribution in [1.82, 2.24) is 30.1 Å². The van der Waals surface area contributed by atoms with E-state index in [0.717, 1.165) is 74.6 Å². The summed E-state index contributed by atoms with van der Waals surface area (Å²) >= 11 is 0. The number of hydrogen-bond acceptors (Lipinski definition) is 6. The van der Waals surface area contributed by atoms with Crippen molar-refractivity contribution in [2.24, 2.45) is 5.73 Å². The molecule has 1 saturated heterocycles. The fourth-order valence-corrected chi connectivity index (χ4v) is 4.75. The van der Waals surface area contributed by atoms with Crippen LogP contribution < -0.4 is 10.6 Å². The molecule has 0 unspecified atom stereocenters. The summed E-state index contributed by atoms with van der Waals surface area (Å²) in [6, 6.07) is 20.7. The Kier molecular flexibility index (Phi) is 4.40. The van der Waals surface area contributed by atoms with E-state index in [1.54, 1.807) is 12.4 Å². The zero-order valence-corrected chi connectivity index (χ0v) is 18.8. The van der Waals surface area contributed by atoms with Gasteiger partial charge in [-0.2, -0.15) is 5.10 Å². The summed E-state index contributed by atoms with van der Waals surface area (Å²) in [5.74, 6) is 0.856. The summed E-state index contributed by atoms with van der Waals surface area (Å²) in [7, 11) is 0. The Bertz CT molecular complexity index is 1680. The molecule has 0 aliphatic carbocycles. The fourth-order valence-electron chi connectivity index (χ4n) is 4.75. The number of aromatic amines is 2. The normalized spacial score (nSPS) is 14.0. The lowest BCUT2D eigenvalue weighted by atomic mass is 10.0. The second-order valence-corrected chi connectivity index (χ2v) is 8.92. The first-order valence-corrected chi connectivity index (χ1v) is 11.6.